The van der Waals surface area contributed by atoms with Crippen molar-refractivity contribution < 1.29 is 14.2 Å². The molecule has 4 rings (SSSR count). The van der Waals surface area contributed by atoms with E-state index in [2.05, 4.69) is 33.1 Å². The molecular formula is C19H24N4O3. The molecule has 0 amide bonds. The van der Waals surface area contributed by atoms with Gasteiger partial charge in [-0.3, -0.25) is 0 Å². The van der Waals surface area contributed by atoms with Gasteiger partial charge in [0, 0.05) is 31.7 Å². The highest BCUT2D eigenvalue weighted by atomic mass is 16.5. The standard InChI is InChI=1S/C19H24N4O3/c1-24-16-7-12-3-5-23(10-14(12)8-17(16)25-2)18-9-15(21-19(20)22-18)13-4-6-26-11-13/h7-9,13H,3-6,10-11H2,1-2H3,(H2,20,21,22)/t13-/m0/s1. The fraction of sp³-hybridized carbons (Fsp3) is 0.474. The van der Waals surface area contributed by atoms with E-state index in [9.17, 15) is 0 Å². The number of nitrogen functional groups attached to an aromatic ring is 1. The number of aromatic nitrogens is 2. The lowest BCUT2D eigenvalue weighted by Gasteiger charge is -2.31. The molecule has 0 radical (unpaired) electrons. The van der Waals surface area contributed by atoms with Gasteiger partial charge in [-0.2, -0.15) is 4.98 Å². The average molecular weight is 356 g/mol. The Hall–Kier alpha value is -2.54. The number of nitrogens with two attached hydrogens (primary N) is 1. The zero-order valence-electron chi connectivity index (χ0n) is 15.2. The first-order chi connectivity index (χ1) is 12.7. The number of hydrogen-bond donors (Lipinski definition) is 1. The van der Waals surface area contributed by atoms with Crippen molar-refractivity contribution in [2.75, 3.05) is 44.6 Å². The lowest BCUT2D eigenvalue weighted by atomic mass is 9.98. The Morgan fingerprint density at radius 1 is 1.12 bits per heavy atom. The third-order valence-corrected chi connectivity index (χ3v) is 5.14. The predicted octanol–water partition coefficient (Wildman–Crippen LogP) is 2.14. The topological polar surface area (TPSA) is 82.7 Å². The van der Waals surface area contributed by atoms with Crippen molar-refractivity contribution in [2.45, 2.75) is 25.3 Å². The van der Waals surface area contributed by atoms with E-state index in [1.54, 1.807) is 14.2 Å². The van der Waals surface area contributed by atoms with Crippen molar-refractivity contribution in [3.63, 3.8) is 0 Å². The summed E-state index contributed by atoms with van der Waals surface area (Å²) in [6.45, 7) is 3.12. The fourth-order valence-electron chi connectivity index (χ4n) is 3.69. The maximum absolute atomic E-state index is 5.99. The Bertz CT molecular complexity index is 806. The lowest BCUT2D eigenvalue weighted by Crippen LogP contribution is -2.31. The number of anilines is 2. The van der Waals surface area contributed by atoms with Crippen LogP contribution in [-0.2, 0) is 17.7 Å². The van der Waals surface area contributed by atoms with Gasteiger partial charge in [-0.25, -0.2) is 4.98 Å². The Labute approximate surface area is 153 Å². The molecule has 1 aromatic heterocycles. The number of rotatable bonds is 4. The molecule has 7 nitrogen and oxygen atoms in total. The fourth-order valence-corrected chi connectivity index (χ4v) is 3.69. The van der Waals surface area contributed by atoms with Crippen molar-refractivity contribution in [3.8, 4) is 11.5 Å². The Morgan fingerprint density at radius 3 is 2.58 bits per heavy atom. The van der Waals surface area contributed by atoms with Gasteiger partial charge in [-0.1, -0.05) is 0 Å². The highest BCUT2D eigenvalue weighted by Gasteiger charge is 2.24. The van der Waals surface area contributed by atoms with Crippen LogP contribution in [0, 0.1) is 0 Å². The van der Waals surface area contributed by atoms with Gasteiger partial charge in [0.1, 0.15) is 5.82 Å². The molecule has 2 aliphatic heterocycles. The van der Waals surface area contributed by atoms with Gasteiger partial charge in [-0.05, 0) is 36.1 Å². The summed E-state index contributed by atoms with van der Waals surface area (Å²) in [5, 5.41) is 0. The van der Waals surface area contributed by atoms with E-state index in [-0.39, 0.29) is 0 Å². The largest absolute Gasteiger partial charge is 0.493 e. The van der Waals surface area contributed by atoms with Gasteiger partial charge in [-0.15, -0.1) is 0 Å². The summed E-state index contributed by atoms with van der Waals surface area (Å²) >= 11 is 0. The number of ether oxygens (including phenoxy) is 3. The minimum atomic E-state index is 0.306. The van der Waals surface area contributed by atoms with Crippen molar-refractivity contribution in [2.24, 2.45) is 0 Å². The van der Waals surface area contributed by atoms with Gasteiger partial charge in [0.05, 0.1) is 26.5 Å². The molecule has 3 heterocycles. The average Bonchev–Trinajstić information content (AvgIpc) is 3.20. The Kier molecular flexibility index (Phi) is 4.55. The van der Waals surface area contributed by atoms with Crippen LogP contribution in [0.4, 0.5) is 11.8 Å². The van der Waals surface area contributed by atoms with Crippen LogP contribution >= 0.6 is 0 Å². The summed E-state index contributed by atoms with van der Waals surface area (Å²) in [4.78, 5) is 11.1. The van der Waals surface area contributed by atoms with Crippen LogP contribution in [0.25, 0.3) is 0 Å². The molecule has 2 N–H and O–H groups in total. The van der Waals surface area contributed by atoms with Crippen molar-refractivity contribution >= 4 is 11.8 Å². The summed E-state index contributed by atoms with van der Waals surface area (Å²) in [6, 6.07) is 6.18. The van der Waals surface area contributed by atoms with E-state index in [0.29, 0.717) is 18.5 Å². The first kappa shape index (κ1) is 16.9. The van der Waals surface area contributed by atoms with E-state index >= 15 is 0 Å². The van der Waals surface area contributed by atoms with Crippen LogP contribution in [0.15, 0.2) is 18.2 Å². The number of nitrogens with zero attached hydrogens (tertiary/aromatic N) is 3. The van der Waals surface area contributed by atoms with Crippen molar-refractivity contribution in [3.05, 3.63) is 35.0 Å². The molecule has 0 spiro atoms. The molecule has 138 valence electrons. The van der Waals surface area contributed by atoms with Crippen molar-refractivity contribution in [1.82, 2.24) is 9.97 Å². The summed E-state index contributed by atoms with van der Waals surface area (Å²) in [6.07, 6.45) is 1.90. The summed E-state index contributed by atoms with van der Waals surface area (Å²) in [5.41, 5.74) is 9.46. The maximum atomic E-state index is 5.99. The van der Waals surface area contributed by atoms with Gasteiger partial charge < -0.3 is 24.8 Å². The van der Waals surface area contributed by atoms with Crippen LogP contribution in [0.5, 0.6) is 11.5 Å². The predicted molar refractivity (Wildman–Crippen MR) is 98.9 cm³/mol. The summed E-state index contributed by atoms with van der Waals surface area (Å²) in [7, 11) is 3.32. The second-order valence-corrected chi connectivity index (χ2v) is 6.72. The first-order valence-electron chi connectivity index (χ1n) is 8.89. The van der Waals surface area contributed by atoms with Gasteiger partial charge in [0.25, 0.3) is 0 Å². The minimum Gasteiger partial charge on any atom is -0.493 e. The molecule has 2 aliphatic rings. The molecule has 1 atom stereocenters. The SMILES string of the molecule is COc1cc2c(cc1OC)CN(c1cc([C@H]3CCOC3)nc(N)n1)CC2. The van der Waals surface area contributed by atoms with E-state index in [1.165, 1.54) is 11.1 Å². The van der Waals surface area contributed by atoms with Crippen molar-refractivity contribution in [1.29, 1.82) is 0 Å². The normalized spacial score (nSPS) is 19.3. The van der Waals surface area contributed by atoms with Crippen LogP contribution in [0.1, 0.15) is 29.2 Å². The highest BCUT2D eigenvalue weighted by molar-refractivity contribution is 5.53. The monoisotopic (exact) mass is 356 g/mol. The highest BCUT2D eigenvalue weighted by Crippen LogP contribution is 2.35. The lowest BCUT2D eigenvalue weighted by molar-refractivity contribution is 0.193. The molecule has 7 heteroatoms. The van der Waals surface area contributed by atoms with Gasteiger partial charge >= 0.3 is 0 Å². The summed E-state index contributed by atoms with van der Waals surface area (Å²) < 4.78 is 16.4. The zero-order chi connectivity index (χ0) is 18.1. The molecule has 2 aromatic rings. The minimum absolute atomic E-state index is 0.306. The van der Waals surface area contributed by atoms with Crippen LogP contribution in [0.2, 0.25) is 0 Å². The van der Waals surface area contributed by atoms with E-state index < -0.39 is 0 Å². The number of benzene rings is 1. The second-order valence-electron chi connectivity index (χ2n) is 6.72. The molecule has 0 aliphatic carbocycles. The second kappa shape index (κ2) is 6.99. The van der Waals surface area contributed by atoms with Crippen LogP contribution in [0.3, 0.4) is 0 Å². The Balaban J connectivity index is 1.62. The maximum Gasteiger partial charge on any atom is 0.222 e. The van der Waals surface area contributed by atoms with Crippen LogP contribution in [-0.4, -0.2) is 43.9 Å². The zero-order valence-corrected chi connectivity index (χ0v) is 15.2. The Morgan fingerprint density at radius 2 is 1.88 bits per heavy atom. The molecule has 0 unspecified atom stereocenters. The number of fused-ring (bicyclic) bond motifs is 1. The van der Waals surface area contributed by atoms with E-state index in [1.807, 2.05) is 0 Å². The first-order valence-corrected chi connectivity index (χ1v) is 8.89. The molecular weight excluding hydrogens is 332 g/mol. The third-order valence-electron chi connectivity index (χ3n) is 5.14. The molecule has 1 saturated heterocycles. The molecule has 26 heavy (non-hydrogen) atoms. The van der Waals surface area contributed by atoms with Gasteiger partial charge in [0.15, 0.2) is 11.5 Å². The van der Waals surface area contributed by atoms with E-state index in [0.717, 1.165) is 55.5 Å². The number of methoxy groups -OCH3 is 2. The molecule has 1 aromatic carbocycles. The summed E-state index contributed by atoms with van der Waals surface area (Å²) in [5.74, 6) is 3.02. The molecule has 0 bridgehead atoms. The number of hydrogen-bond acceptors (Lipinski definition) is 7. The van der Waals surface area contributed by atoms with Gasteiger partial charge in [0.2, 0.25) is 5.95 Å². The quantitative estimate of drug-likeness (QED) is 0.898. The third kappa shape index (κ3) is 3.14. The smallest absolute Gasteiger partial charge is 0.222 e. The van der Waals surface area contributed by atoms with E-state index in [4.69, 9.17) is 19.9 Å². The molecule has 0 saturated carbocycles. The molecule has 1 fully saturated rings. The van der Waals surface area contributed by atoms with Crippen LogP contribution < -0.4 is 20.1 Å².